The van der Waals surface area contributed by atoms with Gasteiger partial charge in [-0.3, -0.25) is 0 Å². The Morgan fingerprint density at radius 1 is 1.00 bits per heavy atom. The van der Waals surface area contributed by atoms with Crippen LogP contribution in [0.15, 0.2) is 63.9 Å². The van der Waals surface area contributed by atoms with E-state index in [2.05, 4.69) is 14.9 Å². The van der Waals surface area contributed by atoms with Crippen molar-refractivity contribution >= 4 is 10.0 Å². The standard InChI is InChI=1S/C18H19N3O3S/c1-13-8-10-16(11-9-13)25(22,23)21-17(18-20-19-14(2)24-18)12-15-6-4-3-5-7-15/h3-11,17,21H,12H2,1-2H3. The van der Waals surface area contributed by atoms with Gasteiger partial charge in [0.05, 0.1) is 4.90 Å². The highest BCUT2D eigenvalue weighted by Gasteiger charge is 2.25. The monoisotopic (exact) mass is 357 g/mol. The van der Waals surface area contributed by atoms with E-state index in [4.69, 9.17) is 4.42 Å². The molecule has 0 saturated carbocycles. The highest BCUT2D eigenvalue weighted by atomic mass is 32.2. The first kappa shape index (κ1) is 17.3. The van der Waals surface area contributed by atoms with Gasteiger partial charge in [-0.1, -0.05) is 48.0 Å². The molecule has 0 spiro atoms. The summed E-state index contributed by atoms with van der Waals surface area (Å²) in [4.78, 5) is 0.201. The van der Waals surface area contributed by atoms with Gasteiger partial charge in [0.15, 0.2) is 0 Å². The fourth-order valence-corrected chi connectivity index (χ4v) is 3.64. The van der Waals surface area contributed by atoms with Gasteiger partial charge in [-0.15, -0.1) is 10.2 Å². The van der Waals surface area contributed by atoms with Crippen molar-refractivity contribution in [2.24, 2.45) is 0 Å². The molecule has 1 aromatic heterocycles. The Kier molecular flexibility index (Phi) is 4.96. The molecule has 6 nitrogen and oxygen atoms in total. The summed E-state index contributed by atoms with van der Waals surface area (Å²) in [6.45, 7) is 3.58. The van der Waals surface area contributed by atoms with Crippen LogP contribution in [0.3, 0.4) is 0 Å². The maximum absolute atomic E-state index is 12.7. The Hall–Kier alpha value is -2.51. The number of hydrogen-bond acceptors (Lipinski definition) is 5. The molecule has 0 fully saturated rings. The van der Waals surface area contributed by atoms with Gasteiger partial charge >= 0.3 is 0 Å². The van der Waals surface area contributed by atoms with Crippen molar-refractivity contribution < 1.29 is 12.8 Å². The van der Waals surface area contributed by atoms with Gasteiger partial charge in [0.25, 0.3) is 0 Å². The van der Waals surface area contributed by atoms with E-state index in [1.807, 2.05) is 37.3 Å². The Bertz CT molecular complexity index is 935. The number of sulfonamides is 1. The number of aryl methyl sites for hydroxylation is 2. The average molecular weight is 357 g/mol. The quantitative estimate of drug-likeness (QED) is 0.733. The van der Waals surface area contributed by atoms with E-state index in [1.165, 1.54) is 0 Å². The molecule has 0 aliphatic carbocycles. The van der Waals surface area contributed by atoms with Gasteiger partial charge in [0.1, 0.15) is 6.04 Å². The Morgan fingerprint density at radius 2 is 1.68 bits per heavy atom. The van der Waals surface area contributed by atoms with Gasteiger partial charge < -0.3 is 4.42 Å². The lowest BCUT2D eigenvalue weighted by Crippen LogP contribution is -2.30. The van der Waals surface area contributed by atoms with Crippen LogP contribution >= 0.6 is 0 Å². The predicted molar refractivity (Wildman–Crippen MR) is 93.4 cm³/mol. The second kappa shape index (κ2) is 7.16. The van der Waals surface area contributed by atoms with Gasteiger partial charge in [-0.2, -0.15) is 4.72 Å². The highest BCUT2D eigenvalue weighted by Crippen LogP contribution is 2.21. The minimum absolute atomic E-state index is 0.201. The number of hydrogen-bond donors (Lipinski definition) is 1. The molecule has 3 rings (SSSR count). The summed E-state index contributed by atoms with van der Waals surface area (Å²) in [6.07, 6.45) is 0.410. The predicted octanol–water partition coefficient (Wildman–Crippen LogP) is 2.95. The number of rotatable bonds is 6. The molecule has 0 aliphatic heterocycles. The van der Waals surface area contributed by atoms with Crippen molar-refractivity contribution in [2.45, 2.75) is 31.2 Å². The van der Waals surface area contributed by atoms with Crippen LogP contribution < -0.4 is 4.72 Å². The molecule has 0 bridgehead atoms. The summed E-state index contributed by atoms with van der Waals surface area (Å²) >= 11 is 0. The van der Waals surface area contributed by atoms with Crippen LogP contribution in [0.1, 0.15) is 29.0 Å². The first-order chi connectivity index (χ1) is 11.9. The third kappa shape index (κ3) is 4.32. The molecule has 0 amide bonds. The van der Waals surface area contributed by atoms with Crippen molar-refractivity contribution in [3.63, 3.8) is 0 Å². The van der Waals surface area contributed by atoms with Crippen molar-refractivity contribution in [3.8, 4) is 0 Å². The van der Waals surface area contributed by atoms with Crippen LogP contribution in [0.5, 0.6) is 0 Å². The van der Waals surface area contributed by atoms with Crippen LogP contribution in [-0.4, -0.2) is 18.6 Å². The molecule has 1 heterocycles. The minimum atomic E-state index is -3.71. The zero-order chi connectivity index (χ0) is 17.9. The van der Waals surface area contributed by atoms with Crippen molar-refractivity contribution in [2.75, 3.05) is 0 Å². The van der Waals surface area contributed by atoms with E-state index in [1.54, 1.807) is 31.2 Å². The Morgan fingerprint density at radius 3 is 2.28 bits per heavy atom. The smallest absolute Gasteiger partial charge is 0.241 e. The fourth-order valence-electron chi connectivity index (χ4n) is 2.45. The molecule has 0 radical (unpaired) electrons. The normalized spacial score (nSPS) is 12.9. The molecular weight excluding hydrogens is 338 g/mol. The second-order valence-corrected chi connectivity index (χ2v) is 7.55. The lowest BCUT2D eigenvalue weighted by atomic mass is 10.1. The van der Waals surface area contributed by atoms with E-state index < -0.39 is 16.1 Å². The molecule has 2 aromatic carbocycles. The number of benzene rings is 2. The van der Waals surface area contributed by atoms with Gasteiger partial charge in [-0.25, -0.2) is 8.42 Å². The molecule has 25 heavy (non-hydrogen) atoms. The zero-order valence-corrected chi connectivity index (χ0v) is 14.8. The SMILES string of the molecule is Cc1ccc(S(=O)(=O)NC(Cc2ccccc2)c2nnc(C)o2)cc1. The summed E-state index contributed by atoms with van der Waals surface area (Å²) in [6, 6.07) is 15.6. The van der Waals surface area contributed by atoms with Crippen molar-refractivity contribution in [3.05, 3.63) is 77.5 Å². The lowest BCUT2D eigenvalue weighted by Gasteiger charge is -2.16. The van der Waals surface area contributed by atoms with E-state index >= 15 is 0 Å². The molecule has 0 saturated heterocycles. The molecule has 130 valence electrons. The highest BCUT2D eigenvalue weighted by molar-refractivity contribution is 7.89. The number of aromatic nitrogens is 2. The van der Waals surface area contributed by atoms with Crippen molar-refractivity contribution in [1.29, 1.82) is 0 Å². The lowest BCUT2D eigenvalue weighted by molar-refractivity contribution is 0.411. The van der Waals surface area contributed by atoms with Crippen LogP contribution in [0.2, 0.25) is 0 Å². The summed E-state index contributed by atoms with van der Waals surface area (Å²) in [5.41, 5.74) is 1.96. The number of nitrogens with zero attached hydrogens (tertiary/aromatic N) is 2. The molecule has 0 aliphatic rings. The third-order valence-corrected chi connectivity index (χ3v) is 5.24. The Balaban J connectivity index is 1.90. The maximum Gasteiger partial charge on any atom is 0.241 e. The second-order valence-electron chi connectivity index (χ2n) is 5.84. The van der Waals surface area contributed by atoms with Gasteiger partial charge in [0, 0.05) is 6.92 Å². The van der Waals surface area contributed by atoms with Crippen LogP contribution in [0.25, 0.3) is 0 Å². The van der Waals surface area contributed by atoms with Crippen LogP contribution in [0.4, 0.5) is 0 Å². The Labute approximate surface area is 147 Å². The van der Waals surface area contributed by atoms with E-state index in [0.29, 0.717) is 12.3 Å². The maximum atomic E-state index is 12.7. The van der Waals surface area contributed by atoms with Crippen LogP contribution in [-0.2, 0) is 16.4 Å². The molecule has 1 unspecified atom stereocenters. The largest absolute Gasteiger partial charge is 0.424 e. The number of nitrogens with one attached hydrogen (secondary N) is 1. The topological polar surface area (TPSA) is 85.1 Å². The van der Waals surface area contributed by atoms with Gasteiger partial charge in [-0.05, 0) is 31.0 Å². The molecule has 1 N–H and O–H groups in total. The van der Waals surface area contributed by atoms with E-state index in [9.17, 15) is 8.42 Å². The summed E-state index contributed by atoms with van der Waals surface area (Å²) in [5, 5.41) is 7.80. The molecule has 3 aromatic rings. The molecular formula is C18H19N3O3S. The summed E-state index contributed by atoms with van der Waals surface area (Å²) in [5.74, 6) is 0.639. The summed E-state index contributed by atoms with van der Waals surface area (Å²) in [7, 11) is -3.71. The third-order valence-electron chi connectivity index (χ3n) is 3.75. The molecule has 1 atom stereocenters. The van der Waals surface area contributed by atoms with E-state index in [-0.39, 0.29) is 10.8 Å². The summed E-state index contributed by atoms with van der Waals surface area (Å²) < 4.78 is 33.6. The van der Waals surface area contributed by atoms with E-state index in [0.717, 1.165) is 11.1 Å². The molecule has 7 heteroatoms. The van der Waals surface area contributed by atoms with Crippen LogP contribution in [0, 0.1) is 13.8 Å². The first-order valence-electron chi connectivity index (χ1n) is 7.87. The fraction of sp³-hybridized carbons (Fsp3) is 0.222. The average Bonchev–Trinajstić information content (AvgIpc) is 3.02. The minimum Gasteiger partial charge on any atom is -0.424 e. The van der Waals surface area contributed by atoms with Crippen molar-refractivity contribution in [1.82, 2.24) is 14.9 Å². The first-order valence-corrected chi connectivity index (χ1v) is 9.35. The zero-order valence-electron chi connectivity index (χ0n) is 14.0. The van der Waals surface area contributed by atoms with Gasteiger partial charge in [0.2, 0.25) is 21.8 Å².